The van der Waals surface area contributed by atoms with Gasteiger partial charge in [-0.1, -0.05) is 30.0 Å². The maximum Gasteiger partial charge on any atom is 0.243 e. The predicted molar refractivity (Wildman–Crippen MR) is 122 cm³/mol. The van der Waals surface area contributed by atoms with Crippen molar-refractivity contribution in [3.63, 3.8) is 0 Å². The molecule has 2 heterocycles. The number of carbonyl (C=O) groups is 1. The van der Waals surface area contributed by atoms with Crippen LogP contribution < -0.4 is 5.32 Å². The van der Waals surface area contributed by atoms with Crippen LogP contribution in [0.1, 0.15) is 18.4 Å². The Morgan fingerprint density at radius 2 is 1.90 bits per heavy atom. The fourth-order valence-electron chi connectivity index (χ4n) is 3.51. The van der Waals surface area contributed by atoms with E-state index in [1.165, 1.54) is 22.1 Å². The first-order valence-corrected chi connectivity index (χ1v) is 12.5. The molecular weight excluding hydrogens is 432 g/mol. The Bertz CT molecular complexity index is 1180. The van der Waals surface area contributed by atoms with E-state index in [9.17, 15) is 13.2 Å². The molecule has 0 radical (unpaired) electrons. The molecule has 0 spiro atoms. The van der Waals surface area contributed by atoms with E-state index < -0.39 is 10.0 Å². The van der Waals surface area contributed by atoms with Crippen molar-refractivity contribution in [1.29, 1.82) is 0 Å². The summed E-state index contributed by atoms with van der Waals surface area (Å²) in [5.41, 5.74) is 2.59. The van der Waals surface area contributed by atoms with Gasteiger partial charge in [0, 0.05) is 36.9 Å². The number of amides is 1. The smallest absolute Gasteiger partial charge is 0.243 e. The van der Waals surface area contributed by atoms with Gasteiger partial charge < -0.3 is 5.32 Å². The highest BCUT2D eigenvalue weighted by molar-refractivity contribution is 7.99. The van der Waals surface area contributed by atoms with Crippen LogP contribution in [0.25, 0.3) is 5.69 Å². The lowest BCUT2D eigenvalue weighted by atomic mass is 10.2. The lowest BCUT2D eigenvalue weighted by Gasteiger charge is -2.16. The number of anilines is 1. The van der Waals surface area contributed by atoms with E-state index in [-0.39, 0.29) is 16.6 Å². The minimum Gasteiger partial charge on any atom is -0.325 e. The fraction of sp³-hybridized carbons (Fsp3) is 0.273. The Kier molecular flexibility index (Phi) is 6.45. The molecule has 1 aliphatic rings. The topological polar surface area (TPSA) is 84.3 Å². The second-order valence-corrected chi connectivity index (χ2v) is 10.3. The number of hydrogen-bond donors (Lipinski definition) is 1. The van der Waals surface area contributed by atoms with E-state index in [1.54, 1.807) is 24.4 Å². The van der Waals surface area contributed by atoms with Crippen LogP contribution in [-0.2, 0) is 14.8 Å². The first-order chi connectivity index (χ1) is 14.9. The molecule has 1 aromatic heterocycles. The van der Waals surface area contributed by atoms with E-state index in [4.69, 9.17) is 0 Å². The van der Waals surface area contributed by atoms with Gasteiger partial charge >= 0.3 is 0 Å². The monoisotopic (exact) mass is 456 g/mol. The molecule has 2 aromatic carbocycles. The van der Waals surface area contributed by atoms with Crippen molar-refractivity contribution >= 4 is 33.4 Å². The van der Waals surface area contributed by atoms with Crippen LogP contribution >= 0.6 is 11.8 Å². The first kappa shape index (κ1) is 21.6. The fourth-order valence-corrected chi connectivity index (χ4v) is 5.85. The second kappa shape index (κ2) is 9.25. The maximum absolute atomic E-state index is 12.7. The molecular formula is C22H24N4O3S2. The van der Waals surface area contributed by atoms with Crippen molar-refractivity contribution in [2.24, 2.45) is 0 Å². The molecule has 1 N–H and O–H groups in total. The molecule has 0 saturated carbocycles. The zero-order valence-corrected chi connectivity index (χ0v) is 18.8. The highest BCUT2D eigenvalue weighted by Gasteiger charge is 2.27. The van der Waals surface area contributed by atoms with Gasteiger partial charge in [-0.2, -0.15) is 4.31 Å². The molecule has 1 saturated heterocycles. The number of benzene rings is 2. The molecule has 4 rings (SSSR count). The molecule has 3 aromatic rings. The molecule has 1 aliphatic heterocycles. The summed E-state index contributed by atoms with van der Waals surface area (Å²) in [4.78, 5) is 17.1. The van der Waals surface area contributed by atoms with Crippen LogP contribution in [0.5, 0.6) is 0 Å². The highest BCUT2D eigenvalue weighted by atomic mass is 32.2. The quantitative estimate of drug-likeness (QED) is 0.548. The summed E-state index contributed by atoms with van der Waals surface area (Å²) in [5.74, 6) is -0.0640. The number of imidazole rings is 1. The van der Waals surface area contributed by atoms with E-state index in [1.807, 2.05) is 35.9 Å². The van der Waals surface area contributed by atoms with Gasteiger partial charge in [0.25, 0.3) is 0 Å². The van der Waals surface area contributed by atoms with Gasteiger partial charge in [-0.15, -0.1) is 0 Å². The number of nitrogens with one attached hydrogen (secondary N) is 1. The lowest BCUT2D eigenvalue weighted by molar-refractivity contribution is -0.113. The molecule has 162 valence electrons. The Hall–Kier alpha value is -2.62. The van der Waals surface area contributed by atoms with Gasteiger partial charge in [0.2, 0.25) is 15.9 Å². The summed E-state index contributed by atoms with van der Waals surface area (Å²) in [5, 5.41) is 3.51. The minimum atomic E-state index is -3.52. The van der Waals surface area contributed by atoms with E-state index in [2.05, 4.69) is 16.4 Å². The number of sulfonamides is 1. The van der Waals surface area contributed by atoms with Crippen molar-refractivity contribution in [2.45, 2.75) is 29.8 Å². The minimum absolute atomic E-state index is 0.159. The zero-order valence-electron chi connectivity index (χ0n) is 17.2. The van der Waals surface area contributed by atoms with E-state index in [0.717, 1.165) is 24.1 Å². The molecule has 31 heavy (non-hydrogen) atoms. The van der Waals surface area contributed by atoms with Crippen molar-refractivity contribution in [3.8, 4) is 5.69 Å². The first-order valence-electron chi connectivity index (χ1n) is 10.1. The third-order valence-corrected chi connectivity index (χ3v) is 7.90. The molecule has 7 nitrogen and oxygen atoms in total. The molecule has 0 aliphatic carbocycles. The van der Waals surface area contributed by atoms with Crippen LogP contribution in [0.2, 0.25) is 0 Å². The molecule has 1 fully saturated rings. The lowest BCUT2D eigenvalue weighted by Crippen LogP contribution is -2.28. The second-order valence-electron chi connectivity index (χ2n) is 7.39. The largest absolute Gasteiger partial charge is 0.325 e. The van der Waals surface area contributed by atoms with Crippen molar-refractivity contribution < 1.29 is 13.2 Å². The van der Waals surface area contributed by atoms with Crippen LogP contribution in [0.15, 0.2) is 71.0 Å². The van der Waals surface area contributed by atoms with Gasteiger partial charge in [0.15, 0.2) is 5.16 Å². The highest BCUT2D eigenvalue weighted by Crippen LogP contribution is 2.24. The number of aromatic nitrogens is 2. The number of aryl methyl sites for hydroxylation is 1. The number of nitrogens with zero attached hydrogens (tertiary/aromatic N) is 3. The molecule has 9 heteroatoms. The summed E-state index contributed by atoms with van der Waals surface area (Å²) < 4.78 is 28.9. The van der Waals surface area contributed by atoms with Gasteiger partial charge in [-0.3, -0.25) is 9.36 Å². The normalized spacial score (nSPS) is 14.6. The Labute approximate surface area is 186 Å². The summed E-state index contributed by atoms with van der Waals surface area (Å²) in [7, 11) is -3.52. The van der Waals surface area contributed by atoms with Crippen molar-refractivity contribution in [1.82, 2.24) is 13.9 Å². The van der Waals surface area contributed by atoms with Crippen LogP contribution in [0, 0.1) is 6.92 Å². The summed E-state index contributed by atoms with van der Waals surface area (Å²) in [6.45, 7) is 3.12. The molecule has 1 amide bonds. The third-order valence-electron chi connectivity index (χ3n) is 5.04. The number of thioether (sulfide) groups is 1. The number of hydrogen-bond acceptors (Lipinski definition) is 5. The number of carbonyl (C=O) groups excluding carboxylic acids is 1. The van der Waals surface area contributed by atoms with Crippen molar-refractivity contribution in [2.75, 3.05) is 24.2 Å². The van der Waals surface area contributed by atoms with Crippen LogP contribution in [0.4, 0.5) is 5.69 Å². The summed E-state index contributed by atoms with van der Waals surface area (Å²) in [6, 6.07) is 14.5. The summed E-state index contributed by atoms with van der Waals surface area (Å²) >= 11 is 1.33. The third kappa shape index (κ3) is 5.00. The molecule has 0 bridgehead atoms. The molecule has 0 unspecified atom stereocenters. The Morgan fingerprint density at radius 1 is 1.13 bits per heavy atom. The van der Waals surface area contributed by atoms with Gasteiger partial charge in [-0.25, -0.2) is 13.4 Å². The number of rotatable bonds is 7. The standard InChI is InChI=1S/C22H24N4O3S2/c1-17-6-4-8-19(14-17)26-13-10-23-22(26)30-16-21(27)24-18-7-5-9-20(15-18)31(28,29)25-11-2-3-12-25/h4-10,13-15H,2-3,11-12,16H2,1H3,(H,24,27). The predicted octanol–water partition coefficient (Wildman–Crippen LogP) is 3.70. The average Bonchev–Trinajstić information content (AvgIpc) is 3.45. The van der Waals surface area contributed by atoms with Gasteiger partial charge in [0.05, 0.1) is 10.6 Å². The maximum atomic E-state index is 12.7. The van der Waals surface area contributed by atoms with Gasteiger partial charge in [-0.05, 0) is 55.7 Å². The van der Waals surface area contributed by atoms with E-state index in [0.29, 0.717) is 23.9 Å². The Balaban J connectivity index is 1.41. The van der Waals surface area contributed by atoms with Gasteiger partial charge in [0.1, 0.15) is 0 Å². The summed E-state index contributed by atoms with van der Waals surface area (Å²) in [6.07, 6.45) is 5.33. The Morgan fingerprint density at radius 3 is 2.68 bits per heavy atom. The van der Waals surface area contributed by atoms with Crippen LogP contribution in [-0.4, -0.2) is 47.0 Å². The molecule has 0 atom stereocenters. The van der Waals surface area contributed by atoms with Crippen molar-refractivity contribution in [3.05, 3.63) is 66.5 Å². The van der Waals surface area contributed by atoms with E-state index >= 15 is 0 Å². The SMILES string of the molecule is Cc1cccc(-n2ccnc2SCC(=O)Nc2cccc(S(=O)(=O)N3CCCC3)c2)c1. The zero-order chi connectivity index (χ0) is 21.8. The van der Waals surface area contributed by atoms with Crippen LogP contribution in [0.3, 0.4) is 0 Å². The average molecular weight is 457 g/mol.